The average molecular weight is 439 g/mol. The van der Waals surface area contributed by atoms with Gasteiger partial charge in [0.05, 0.1) is 5.69 Å². The number of amides is 1. The number of carbonyl (C=O) groups excluding carboxylic acids is 1. The molecule has 0 radical (unpaired) electrons. The van der Waals surface area contributed by atoms with Crippen LogP contribution in [0.25, 0.3) is 0 Å². The summed E-state index contributed by atoms with van der Waals surface area (Å²) in [7, 11) is 1.41. The van der Waals surface area contributed by atoms with Crippen molar-refractivity contribution in [3.8, 4) is 11.8 Å². The Kier molecular flexibility index (Phi) is 4.89. The van der Waals surface area contributed by atoms with E-state index in [1.54, 1.807) is 10.6 Å². The van der Waals surface area contributed by atoms with E-state index in [1.165, 1.54) is 29.8 Å². The lowest BCUT2D eigenvalue weighted by molar-refractivity contribution is 0.169. The van der Waals surface area contributed by atoms with Crippen molar-refractivity contribution < 1.29 is 13.9 Å². The summed E-state index contributed by atoms with van der Waals surface area (Å²) in [6.45, 7) is -0.213. The van der Waals surface area contributed by atoms with Crippen LogP contribution in [0, 0.1) is 17.7 Å². The third kappa shape index (κ3) is 3.60. The van der Waals surface area contributed by atoms with E-state index in [1.807, 2.05) is 0 Å². The molecule has 2 heterocycles. The summed E-state index contributed by atoms with van der Waals surface area (Å²) in [6, 6.07) is 5.95. The average Bonchev–Trinajstić information content (AvgIpc) is 3.70. The number of anilines is 3. The van der Waals surface area contributed by atoms with Crippen molar-refractivity contribution in [2.45, 2.75) is 43.9 Å². The van der Waals surface area contributed by atoms with E-state index < -0.39 is 18.1 Å². The number of ether oxygens (including phenoxy) is 1. The Balaban J connectivity index is 1.27. The number of hydrogen-bond acceptors (Lipinski definition) is 6. The van der Waals surface area contributed by atoms with Gasteiger partial charge in [-0.2, -0.15) is 0 Å². The van der Waals surface area contributed by atoms with Gasteiger partial charge >= 0.3 is 11.8 Å². The molecule has 2 saturated carbocycles. The summed E-state index contributed by atoms with van der Waals surface area (Å²) >= 11 is 0. The number of hydrogen-bond donors (Lipinski definition) is 2. The van der Waals surface area contributed by atoms with E-state index in [4.69, 9.17) is 4.74 Å². The molecular formula is C22H22FN5O4. The van der Waals surface area contributed by atoms with Gasteiger partial charge in [-0.15, -0.1) is 0 Å². The standard InChI is InChI=1S/C22H22FN5O4/c1-26(16-6-3-2-5-15(16)23)22(31)32-12-4-7-17-24-18-19(25-17)27(13-8-9-13)21(30)28(20(18)29)14-10-11-14/h2-3,5-6,13-14,17,24-25H,8-12H2,1H3. The Morgan fingerprint density at radius 3 is 2.53 bits per heavy atom. The summed E-state index contributed by atoms with van der Waals surface area (Å²) in [5.74, 6) is 5.53. The molecule has 9 nitrogen and oxygen atoms in total. The number of benzene rings is 1. The van der Waals surface area contributed by atoms with Crippen LogP contribution in [-0.2, 0) is 4.74 Å². The normalized spacial score (nSPS) is 18.6. The summed E-state index contributed by atoms with van der Waals surface area (Å²) < 4.78 is 21.9. The van der Waals surface area contributed by atoms with Crippen molar-refractivity contribution in [1.82, 2.24) is 9.13 Å². The van der Waals surface area contributed by atoms with Gasteiger partial charge in [0.2, 0.25) is 0 Å². The van der Waals surface area contributed by atoms with Crippen LogP contribution in [0.1, 0.15) is 37.8 Å². The maximum absolute atomic E-state index is 13.8. The maximum atomic E-state index is 13.8. The van der Waals surface area contributed by atoms with Crippen LogP contribution in [0.15, 0.2) is 33.9 Å². The van der Waals surface area contributed by atoms with Gasteiger partial charge in [0.1, 0.15) is 17.3 Å². The summed E-state index contributed by atoms with van der Waals surface area (Å²) in [6.07, 6.45) is 2.14. The van der Waals surface area contributed by atoms with E-state index in [2.05, 4.69) is 22.5 Å². The smallest absolute Gasteiger partial charge is 0.415 e. The number of para-hydroxylation sites is 1. The van der Waals surface area contributed by atoms with Crippen molar-refractivity contribution in [3.63, 3.8) is 0 Å². The van der Waals surface area contributed by atoms with E-state index in [9.17, 15) is 18.8 Å². The van der Waals surface area contributed by atoms with E-state index in [0.29, 0.717) is 11.5 Å². The molecule has 10 heteroatoms. The Labute approximate surface area is 182 Å². The van der Waals surface area contributed by atoms with Gasteiger partial charge < -0.3 is 15.4 Å². The molecule has 0 bridgehead atoms. The number of halogens is 1. The molecule has 1 aromatic heterocycles. The molecule has 1 unspecified atom stereocenters. The van der Waals surface area contributed by atoms with Crippen LogP contribution in [0.5, 0.6) is 0 Å². The van der Waals surface area contributed by atoms with Gasteiger partial charge in [-0.3, -0.25) is 18.8 Å². The fourth-order valence-electron chi connectivity index (χ4n) is 3.79. The number of aromatic nitrogens is 2. The highest BCUT2D eigenvalue weighted by Gasteiger charge is 2.37. The fraction of sp³-hybridized carbons (Fsp3) is 0.409. The highest BCUT2D eigenvalue weighted by Crippen LogP contribution is 2.40. The van der Waals surface area contributed by atoms with Crippen molar-refractivity contribution >= 4 is 23.3 Å². The number of rotatable bonds is 4. The first-order valence-corrected chi connectivity index (χ1v) is 10.5. The van der Waals surface area contributed by atoms with Gasteiger partial charge in [0.25, 0.3) is 5.56 Å². The topological polar surface area (TPSA) is 97.6 Å². The maximum Gasteiger partial charge on any atom is 0.415 e. The van der Waals surface area contributed by atoms with Crippen molar-refractivity contribution in [3.05, 3.63) is 50.9 Å². The molecular weight excluding hydrogens is 417 g/mol. The largest absolute Gasteiger partial charge is 0.436 e. The van der Waals surface area contributed by atoms with E-state index in [-0.39, 0.29) is 35.6 Å². The molecule has 2 aromatic rings. The zero-order valence-electron chi connectivity index (χ0n) is 17.4. The van der Waals surface area contributed by atoms with E-state index in [0.717, 1.165) is 30.6 Å². The third-order valence-electron chi connectivity index (χ3n) is 5.72. The first-order chi connectivity index (χ1) is 15.5. The lowest BCUT2D eigenvalue weighted by atomic mass is 10.3. The van der Waals surface area contributed by atoms with Gasteiger partial charge in [-0.25, -0.2) is 14.0 Å². The number of carbonyl (C=O) groups is 1. The van der Waals surface area contributed by atoms with Crippen LogP contribution in [-0.4, -0.2) is 35.0 Å². The minimum atomic E-state index is -0.741. The molecule has 1 atom stereocenters. The Hall–Kier alpha value is -3.74. The van der Waals surface area contributed by atoms with Crippen molar-refractivity contribution in [2.75, 3.05) is 29.2 Å². The van der Waals surface area contributed by atoms with Crippen LogP contribution < -0.4 is 26.8 Å². The van der Waals surface area contributed by atoms with E-state index >= 15 is 0 Å². The minimum Gasteiger partial charge on any atom is -0.436 e. The number of nitrogens with zero attached hydrogens (tertiary/aromatic N) is 3. The lowest BCUT2D eigenvalue weighted by Crippen LogP contribution is -2.39. The third-order valence-corrected chi connectivity index (χ3v) is 5.72. The highest BCUT2D eigenvalue weighted by molar-refractivity contribution is 5.87. The molecule has 1 aromatic carbocycles. The second-order valence-corrected chi connectivity index (χ2v) is 8.12. The molecule has 2 fully saturated rings. The van der Waals surface area contributed by atoms with Gasteiger partial charge in [-0.05, 0) is 37.8 Å². The van der Waals surface area contributed by atoms with Gasteiger partial charge in [-0.1, -0.05) is 24.0 Å². The second-order valence-electron chi connectivity index (χ2n) is 8.12. The Bertz CT molecular complexity index is 1270. The quantitative estimate of drug-likeness (QED) is 0.710. The van der Waals surface area contributed by atoms with Crippen molar-refractivity contribution in [2.24, 2.45) is 0 Å². The van der Waals surface area contributed by atoms with Crippen LogP contribution in [0.3, 0.4) is 0 Å². The molecule has 2 N–H and O–H groups in total. The molecule has 0 spiro atoms. The molecule has 0 saturated heterocycles. The van der Waals surface area contributed by atoms with Crippen LogP contribution in [0.4, 0.5) is 26.4 Å². The van der Waals surface area contributed by atoms with Crippen molar-refractivity contribution in [1.29, 1.82) is 0 Å². The zero-order chi connectivity index (χ0) is 22.4. The van der Waals surface area contributed by atoms with Gasteiger partial charge in [0.15, 0.2) is 12.8 Å². The molecule has 3 aliphatic rings. The molecule has 166 valence electrons. The Morgan fingerprint density at radius 2 is 1.84 bits per heavy atom. The monoisotopic (exact) mass is 439 g/mol. The van der Waals surface area contributed by atoms with Gasteiger partial charge in [0, 0.05) is 19.1 Å². The minimum absolute atomic E-state index is 0.0249. The first kappa shape index (κ1) is 20.2. The first-order valence-electron chi connectivity index (χ1n) is 10.5. The zero-order valence-corrected chi connectivity index (χ0v) is 17.4. The van der Waals surface area contributed by atoms with Crippen LogP contribution in [0.2, 0.25) is 0 Å². The fourth-order valence-corrected chi connectivity index (χ4v) is 3.79. The molecule has 1 aliphatic heterocycles. The number of fused-ring (bicyclic) bond motifs is 1. The lowest BCUT2D eigenvalue weighted by Gasteiger charge is -2.16. The summed E-state index contributed by atoms with van der Waals surface area (Å²) in [4.78, 5) is 39.0. The SMILES string of the molecule is CN(C(=O)OCC#CC1Nc2c(n(C3CC3)c(=O)n(C3CC3)c2=O)N1)c1ccccc1F. The predicted octanol–water partition coefficient (Wildman–Crippen LogP) is 2.26. The summed E-state index contributed by atoms with van der Waals surface area (Å²) in [5.41, 5.74) is -0.157. The predicted molar refractivity (Wildman–Crippen MR) is 116 cm³/mol. The molecule has 5 rings (SSSR count). The molecule has 32 heavy (non-hydrogen) atoms. The number of nitrogens with one attached hydrogen (secondary N) is 2. The Morgan fingerprint density at radius 1 is 1.16 bits per heavy atom. The summed E-state index contributed by atoms with van der Waals surface area (Å²) in [5, 5.41) is 6.14. The molecule has 2 aliphatic carbocycles. The second kappa shape index (κ2) is 7.75. The highest BCUT2D eigenvalue weighted by atomic mass is 19.1. The molecule has 1 amide bonds. The van der Waals surface area contributed by atoms with Crippen LogP contribution >= 0.6 is 0 Å².